The molecule has 0 bridgehead atoms. The van der Waals surface area contributed by atoms with Crippen molar-refractivity contribution in [3.63, 3.8) is 0 Å². The SMILES string of the molecule is Cc1cc(C#N)c(Cl)nc1-c1ccccc1. The van der Waals surface area contributed by atoms with Gasteiger partial charge >= 0.3 is 0 Å². The Balaban J connectivity index is 2.60. The first-order chi connectivity index (χ1) is 7.72. The minimum Gasteiger partial charge on any atom is -0.234 e. The Kier molecular flexibility index (Phi) is 2.89. The number of nitrogens with zero attached hydrogens (tertiary/aromatic N) is 2. The molecule has 1 aromatic carbocycles. The van der Waals surface area contributed by atoms with Crippen LogP contribution >= 0.6 is 11.6 Å². The third-order valence-electron chi connectivity index (χ3n) is 2.33. The number of rotatable bonds is 1. The summed E-state index contributed by atoms with van der Waals surface area (Å²) in [6.07, 6.45) is 0. The first kappa shape index (κ1) is 10.7. The van der Waals surface area contributed by atoms with Crippen molar-refractivity contribution in [2.24, 2.45) is 0 Å². The lowest BCUT2D eigenvalue weighted by atomic mass is 10.1. The van der Waals surface area contributed by atoms with Gasteiger partial charge in [-0.25, -0.2) is 4.98 Å². The van der Waals surface area contributed by atoms with E-state index in [1.165, 1.54) is 0 Å². The fourth-order valence-electron chi connectivity index (χ4n) is 1.56. The van der Waals surface area contributed by atoms with Crippen LogP contribution in [0, 0.1) is 18.3 Å². The Hall–Kier alpha value is -1.85. The van der Waals surface area contributed by atoms with E-state index in [1.807, 2.05) is 43.3 Å². The first-order valence-electron chi connectivity index (χ1n) is 4.85. The molecule has 1 aromatic heterocycles. The molecule has 2 rings (SSSR count). The van der Waals surface area contributed by atoms with Crippen molar-refractivity contribution in [1.82, 2.24) is 4.98 Å². The Bertz CT molecular complexity index is 556. The van der Waals surface area contributed by atoms with Gasteiger partial charge in [0.1, 0.15) is 11.2 Å². The summed E-state index contributed by atoms with van der Waals surface area (Å²) in [6, 6.07) is 13.6. The van der Waals surface area contributed by atoms with Crippen molar-refractivity contribution >= 4 is 11.6 Å². The maximum atomic E-state index is 8.83. The van der Waals surface area contributed by atoms with Crippen molar-refractivity contribution < 1.29 is 0 Å². The number of nitriles is 1. The van der Waals surface area contributed by atoms with Crippen LogP contribution in [0.2, 0.25) is 5.15 Å². The number of hydrogen-bond acceptors (Lipinski definition) is 2. The lowest BCUT2D eigenvalue weighted by molar-refractivity contribution is 1.25. The maximum Gasteiger partial charge on any atom is 0.147 e. The highest BCUT2D eigenvalue weighted by molar-refractivity contribution is 6.30. The number of hydrogen-bond donors (Lipinski definition) is 0. The fraction of sp³-hybridized carbons (Fsp3) is 0.0769. The van der Waals surface area contributed by atoms with Gasteiger partial charge in [0.2, 0.25) is 0 Å². The Morgan fingerprint density at radius 2 is 1.94 bits per heavy atom. The van der Waals surface area contributed by atoms with Crippen LogP contribution in [0.5, 0.6) is 0 Å². The maximum absolute atomic E-state index is 8.83. The van der Waals surface area contributed by atoms with E-state index in [2.05, 4.69) is 4.98 Å². The summed E-state index contributed by atoms with van der Waals surface area (Å²) >= 11 is 5.92. The number of aromatic nitrogens is 1. The highest BCUT2D eigenvalue weighted by Crippen LogP contribution is 2.25. The molecule has 0 amide bonds. The minimum atomic E-state index is 0.256. The second kappa shape index (κ2) is 4.34. The minimum absolute atomic E-state index is 0.256. The van der Waals surface area contributed by atoms with Gasteiger partial charge in [0.25, 0.3) is 0 Å². The second-order valence-electron chi connectivity index (χ2n) is 3.47. The zero-order valence-electron chi connectivity index (χ0n) is 8.74. The highest BCUT2D eigenvalue weighted by atomic mass is 35.5. The van der Waals surface area contributed by atoms with E-state index < -0.39 is 0 Å². The van der Waals surface area contributed by atoms with Crippen LogP contribution in [0.15, 0.2) is 36.4 Å². The molecule has 2 aromatic rings. The van der Waals surface area contributed by atoms with Crippen molar-refractivity contribution in [2.45, 2.75) is 6.92 Å². The number of pyridine rings is 1. The second-order valence-corrected chi connectivity index (χ2v) is 3.83. The summed E-state index contributed by atoms with van der Waals surface area (Å²) in [7, 11) is 0. The predicted octanol–water partition coefficient (Wildman–Crippen LogP) is 3.58. The lowest BCUT2D eigenvalue weighted by Crippen LogP contribution is -1.92. The van der Waals surface area contributed by atoms with Crippen LogP contribution in [0.25, 0.3) is 11.3 Å². The standard InChI is InChI=1S/C13H9ClN2/c1-9-7-11(8-15)13(14)16-12(9)10-5-3-2-4-6-10/h2-7H,1H3. The van der Waals surface area contributed by atoms with E-state index in [9.17, 15) is 0 Å². The van der Waals surface area contributed by atoms with Crippen molar-refractivity contribution in [2.75, 3.05) is 0 Å². The van der Waals surface area contributed by atoms with Gasteiger partial charge in [-0.3, -0.25) is 0 Å². The molecule has 0 atom stereocenters. The van der Waals surface area contributed by atoms with Gasteiger partial charge in [-0.05, 0) is 18.6 Å². The molecule has 0 aliphatic heterocycles. The molecule has 0 saturated carbocycles. The Labute approximate surface area is 99.1 Å². The van der Waals surface area contributed by atoms with E-state index in [1.54, 1.807) is 6.07 Å². The molecule has 0 unspecified atom stereocenters. The molecule has 2 nitrogen and oxygen atoms in total. The van der Waals surface area contributed by atoms with Gasteiger partial charge < -0.3 is 0 Å². The molecule has 16 heavy (non-hydrogen) atoms. The Morgan fingerprint density at radius 3 is 2.56 bits per heavy atom. The van der Waals surface area contributed by atoms with Crippen molar-refractivity contribution in [3.05, 3.63) is 52.7 Å². The summed E-state index contributed by atoms with van der Waals surface area (Å²) in [5, 5.41) is 9.09. The summed E-state index contributed by atoms with van der Waals surface area (Å²) in [6.45, 7) is 1.92. The molecule has 0 radical (unpaired) electrons. The quantitative estimate of drug-likeness (QED) is 0.700. The topological polar surface area (TPSA) is 36.7 Å². The number of halogens is 1. The molecular weight excluding hydrogens is 220 g/mol. The van der Waals surface area contributed by atoms with E-state index in [-0.39, 0.29) is 5.15 Å². The van der Waals surface area contributed by atoms with Gasteiger partial charge in [-0.2, -0.15) is 5.26 Å². The summed E-state index contributed by atoms with van der Waals surface area (Å²) in [5.74, 6) is 0. The third-order valence-corrected chi connectivity index (χ3v) is 2.62. The average Bonchev–Trinajstić information content (AvgIpc) is 2.32. The van der Waals surface area contributed by atoms with Crippen LogP contribution in [0.4, 0.5) is 0 Å². The van der Waals surface area contributed by atoms with Crippen LogP contribution in [-0.2, 0) is 0 Å². The van der Waals surface area contributed by atoms with Gasteiger partial charge in [0, 0.05) is 5.56 Å². The van der Waals surface area contributed by atoms with E-state index in [0.717, 1.165) is 16.8 Å². The molecule has 1 heterocycles. The van der Waals surface area contributed by atoms with Crippen LogP contribution in [0.1, 0.15) is 11.1 Å². The molecule has 0 aliphatic rings. The zero-order valence-corrected chi connectivity index (χ0v) is 9.49. The molecular formula is C13H9ClN2. The van der Waals surface area contributed by atoms with Gasteiger partial charge in [0.15, 0.2) is 0 Å². The first-order valence-corrected chi connectivity index (χ1v) is 5.23. The van der Waals surface area contributed by atoms with Gasteiger partial charge in [-0.15, -0.1) is 0 Å². The summed E-state index contributed by atoms with van der Waals surface area (Å²) in [5.41, 5.74) is 3.20. The van der Waals surface area contributed by atoms with Crippen LogP contribution in [-0.4, -0.2) is 4.98 Å². The summed E-state index contributed by atoms with van der Waals surface area (Å²) < 4.78 is 0. The van der Waals surface area contributed by atoms with E-state index >= 15 is 0 Å². The zero-order chi connectivity index (χ0) is 11.5. The van der Waals surface area contributed by atoms with Gasteiger partial charge in [0.05, 0.1) is 11.3 Å². The molecule has 0 N–H and O–H groups in total. The molecule has 0 saturated heterocycles. The monoisotopic (exact) mass is 228 g/mol. The fourth-order valence-corrected chi connectivity index (χ4v) is 1.74. The van der Waals surface area contributed by atoms with Crippen LogP contribution in [0.3, 0.4) is 0 Å². The average molecular weight is 229 g/mol. The largest absolute Gasteiger partial charge is 0.234 e. The van der Waals surface area contributed by atoms with Gasteiger partial charge in [-0.1, -0.05) is 41.9 Å². The molecule has 3 heteroatoms. The molecule has 0 fully saturated rings. The van der Waals surface area contributed by atoms with E-state index in [0.29, 0.717) is 5.56 Å². The normalized spacial score (nSPS) is 9.81. The predicted molar refractivity (Wildman–Crippen MR) is 64.1 cm³/mol. The van der Waals surface area contributed by atoms with E-state index in [4.69, 9.17) is 16.9 Å². The molecule has 0 spiro atoms. The lowest BCUT2D eigenvalue weighted by Gasteiger charge is -2.06. The van der Waals surface area contributed by atoms with Crippen molar-refractivity contribution in [1.29, 1.82) is 5.26 Å². The van der Waals surface area contributed by atoms with Crippen molar-refractivity contribution in [3.8, 4) is 17.3 Å². The number of aryl methyl sites for hydroxylation is 1. The molecule has 78 valence electrons. The third kappa shape index (κ3) is 1.91. The van der Waals surface area contributed by atoms with Crippen LogP contribution < -0.4 is 0 Å². The smallest absolute Gasteiger partial charge is 0.147 e. The molecule has 0 aliphatic carbocycles. The number of benzene rings is 1. The highest BCUT2D eigenvalue weighted by Gasteiger charge is 2.08. The Morgan fingerprint density at radius 1 is 1.25 bits per heavy atom. The summed E-state index contributed by atoms with van der Waals surface area (Å²) in [4.78, 5) is 4.26.